The van der Waals surface area contributed by atoms with E-state index in [4.69, 9.17) is 28.4 Å². The van der Waals surface area contributed by atoms with Crippen LogP contribution < -0.4 is 0 Å². The highest BCUT2D eigenvalue weighted by Gasteiger charge is 2.54. The normalized spacial score (nSPS) is 18.7. The molecule has 0 bridgehead atoms. The predicted molar refractivity (Wildman–Crippen MR) is 193 cm³/mol. The number of hydrogen-bond acceptors (Lipinski definition) is 16. The van der Waals surface area contributed by atoms with Gasteiger partial charge in [-0.25, -0.2) is 24.0 Å². The van der Waals surface area contributed by atoms with Crippen LogP contribution in [-0.2, 0) is 28.4 Å². The van der Waals surface area contributed by atoms with E-state index in [1.165, 1.54) is 121 Å². The summed E-state index contributed by atoms with van der Waals surface area (Å²) in [4.78, 5) is 67.7. The predicted octanol–water partition coefficient (Wildman–Crippen LogP) is 4.63. The molecule has 0 amide bonds. The van der Waals surface area contributed by atoms with Crippen molar-refractivity contribution in [2.45, 2.75) is 30.7 Å². The van der Waals surface area contributed by atoms with E-state index < -0.39 is 67.2 Å². The SMILES string of the molecule is O=C(OC[C@H]1OC(OC(=O)c2ccc(O)cc2)[C@H](OC(=O)c2ccc(O)cc2)[C@@H](OC(=O)c2ccc(O)cc2)[C@@H]1OC(=O)c1ccc(O)cc1)c1ccc(O)cc1. The molecule has 57 heavy (non-hydrogen) atoms. The highest BCUT2D eigenvalue weighted by Crippen LogP contribution is 2.33. The molecule has 5 N–H and O–H groups in total. The number of rotatable bonds is 11. The molecule has 0 saturated carbocycles. The Morgan fingerprint density at radius 1 is 0.386 bits per heavy atom. The van der Waals surface area contributed by atoms with Crippen molar-refractivity contribution >= 4 is 29.8 Å². The van der Waals surface area contributed by atoms with Gasteiger partial charge in [-0.1, -0.05) is 0 Å². The molecular weight excluding hydrogens is 748 g/mol. The quantitative estimate of drug-likeness (QED) is 0.0906. The molecule has 6 rings (SSSR count). The maximum absolute atomic E-state index is 13.8. The van der Waals surface area contributed by atoms with Crippen molar-refractivity contribution in [1.82, 2.24) is 0 Å². The second-order valence-electron chi connectivity index (χ2n) is 12.4. The number of phenols is 5. The van der Waals surface area contributed by atoms with Crippen LogP contribution in [0.2, 0.25) is 0 Å². The van der Waals surface area contributed by atoms with E-state index in [1.807, 2.05) is 0 Å². The summed E-state index contributed by atoms with van der Waals surface area (Å²) in [5.41, 5.74) is -0.460. The topological polar surface area (TPSA) is 242 Å². The molecule has 0 aromatic heterocycles. The first kappa shape index (κ1) is 39.1. The third-order valence-corrected chi connectivity index (χ3v) is 8.44. The van der Waals surface area contributed by atoms with Crippen molar-refractivity contribution in [3.05, 3.63) is 149 Å². The number of benzene rings is 5. The smallest absolute Gasteiger partial charge is 0.340 e. The first-order valence-electron chi connectivity index (χ1n) is 17.0. The Labute approximate surface area is 322 Å². The van der Waals surface area contributed by atoms with Crippen molar-refractivity contribution in [1.29, 1.82) is 0 Å². The van der Waals surface area contributed by atoms with Crippen LogP contribution in [0.5, 0.6) is 28.7 Å². The largest absolute Gasteiger partial charge is 0.508 e. The molecule has 1 saturated heterocycles. The van der Waals surface area contributed by atoms with E-state index in [0.717, 1.165) is 0 Å². The monoisotopic (exact) mass is 780 g/mol. The van der Waals surface area contributed by atoms with Gasteiger partial charge in [0, 0.05) is 0 Å². The zero-order valence-electron chi connectivity index (χ0n) is 29.4. The van der Waals surface area contributed by atoms with E-state index in [-0.39, 0.29) is 56.6 Å². The van der Waals surface area contributed by atoms with Gasteiger partial charge in [0.25, 0.3) is 0 Å². The Kier molecular flexibility index (Phi) is 11.8. The molecule has 0 spiro atoms. The molecule has 0 aliphatic carbocycles. The zero-order valence-corrected chi connectivity index (χ0v) is 29.4. The number of phenolic OH excluding ortho intramolecular Hbond substituents is 5. The van der Waals surface area contributed by atoms with Gasteiger partial charge in [0.05, 0.1) is 27.8 Å². The van der Waals surface area contributed by atoms with Gasteiger partial charge in [0.1, 0.15) is 41.5 Å². The van der Waals surface area contributed by atoms with Gasteiger partial charge < -0.3 is 54.0 Å². The van der Waals surface area contributed by atoms with Crippen LogP contribution in [0.3, 0.4) is 0 Å². The summed E-state index contributed by atoms with van der Waals surface area (Å²) in [6.07, 6.45) is -9.26. The van der Waals surface area contributed by atoms with Crippen LogP contribution in [0, 0.1) is 0 Å². The lowest BCUT2D eigenvalue weighted by Crippen LogP contribution is -2.63. The Bertz CT molecular complexity index is 2220. The van der Waals surface area contributed by atoms with Crippen LogP contribution in [-0.4, -0.2) is 92.7 Å². The van der Waals surface area contributed by atoms with Gasteiger partial charge in [0.15, 0.2) is 12.2 Å². The first-order valence-corrected chi connectivity index (χ1v) is 17.0. The molecular formula is C41H32O16. The van der Waals surface area contributed by atoms with Gasteiger partial charge in [-0.15, -0.1) is 0 Å². The second-order valence-corrected chi connectivity index (χ2v) is 12.4. The van der Waals surface area contributed by atoms with Crippen LogP contribution in [0.4, 0.5) is 0 Å². The Morgan fingerprint density at radius 2 is 0.667 bits per heavy atom. The van der Waals surface area contributed by atoms with Crippen LogP contribution >= 0.6 is 0 Å². The average molecular weight is 781 g/mol. The van der Waals surface area contributed by atoms with Gasteiger partial charge >= 0.3 is 29.8 Å². The lowest BCUT2D eigenvalue weighted by molar-refractivity contribution is -0.282. The highest BCUT2D eigenvalue weighted by atomic mass is 16.7. The minimum atomic E-state index is -1.98. The van der Waals surface area contributed by atoms with E-state index in [9.17, 15) is 49.5 Å². The Morgan fingerprint density at radius 3 is 1.02 bits per heavy atom. The van der Waals surface area contributed by atoms with E-state index in [2.05, 4.69) is 0 Å². The lowest BCUT2D eigenvalue weighted by atomic mass is 9.97. The fraction of sp³-hybridized carbons (Fsp3) is 0.146. The first-order chi connectivity index (χ1) is 27.3. The zero-order chi connectivity index (χ0) is 40.6. The molecule has 5 atom stereocenters. The summed E-state index contributed by atoms with van der Waals surface area (Å²) >= 11 is 0. The van der Waals surface area contributed by atoms with Crippen LogP contribution in [0.1, 0.15) is 51.8 Å². The molecule has 1 unspecified atom stereocenters. The third-order valence-electron chi connectivity index (χ3n) is 8.44. The molecule has 1 heterocycles. The molecule has 5 aromatic rings. The van der Waals surface area contributed by atoms with Crippen LogP contribution in [0.15, 0.2) is 121 Å². The fourth-order valence-electron chi connectivity index (χ4n) is 5.49. The average Bonchev–Trinajstić information content (AvgIpc) is 3.20. The molecule has 1 aliphatic rings. The van der Waals surface area contributed by atoms with Gasteiger partial charge in [-0.3, -0.25) is 0 Å². The number of ether oxygens (including phenoxy) is 6. The second kappa shape index (κ2) is 17.3. The molecule has 292 valence electrons. The molecule has 16 heteroatoms. The molecule has 5 aromatic carbocycles. The van der Waals surface area contributed by atoms with Crippen molar-refractivity contribution in [3.8, 4) is 28.7 Å². The van der Waals surface area contributed by atoms with Gasteiger partial charge in [-0.2, -0.15) is 0 Å². The summed E-state index contributed by atoms with van der Waals surface area (Å²) in [5, 5.41) is 48.9. The summed E-state index contributed by atoms with van der Waals surface area (Å²) in [7, 11) is 0. The van der Waals surface area contributed by atoms with Crippen LogP contribution in [0.25, 0.3) is 0 Å². The maximum Gasteiger partial charge on any atom is 0.340 e. The minimum absolute atomic E-state index is 0.00688. The Hall–Kier alpha value is -7.59. The standard InChI is InChI=1S/C41H32O16/c42-27-11-1-22(2-12-27)36(47)52-21-32-33(54-37(48)23-3-13-28(43)14-4-23)34(55-38(49)24-5-15-29(44)16-6-24)35(56-39(50)25-7-17-30(45)18-8-25)41(53-32)57-40(51)26-9-19-31(46)20-10-26/h1-20,32-35,41-46H,21H2/t32-,33-,34+,35-,41?/m1/s1. The lowest BCUT2D eigenvalue weighted by Gasteiger charge is -2.43. The van der Waals surface area contributed by atoms with Crippen molar-refractivity contribution in [2.75, 3.05) is 6.61 Å². The van der Waals surface area contributed by atoms with E-state index in [1.54, 1.807) is 0 Å². The number of esters is 5. The summed E-state index contributed by atoms with van der Waals surface area (Å²) in [6.45, 7) is -0.758. The molecule has 0 radical (unpaired) electrons. The molecule has 16 nitrogen and oxygen atoms in total. The van der Waals surface area contributed by atoms with Crippen molar-refractivity contribution in [2.24, 2.45) is 0 Å². The number of carbonyl (C=O) groups excluding carboxylic acids is 5. The summed E-state index contributed by atoms with van der Waals surface area (Å²) < 4.78 is 34.9. The third kappa shape index (κ3) is 9.75. The fourth-order valence-corrected chi connectivity index (χ4v) is 5.49. The summed E-state index contributed by atoms with van der Waals surface area (Å²) in [6, 6.07) is 24.3. The minimum Gasteiger partial charge on any atom is -0.508 e. The number of carbonyl (C=O) groups is 5. The van der Waals surface area contributed by atoms with Gasteiger partial charge in [-0.05, 0) is 121 Å². The number of aromatic hydroxyl groups is 5. The summed E-state index contributed by atoms with van der Waals surface area (Å²) in [5.74, 6) is -6.10. The van der Waals surface area contributed by atoms with Gasteiger partial charge in [0.2, 0.25) is 12.4 Å². The van der Waals surface area contributed by atoms with E-state index in [0.29, 0.717) is 0 Å². The van der Waals surface area contributed by atoms with E-state index >= 15 is 0 Å². The molecule has 1 fully saturated rings. The maximum atomic E-state index is 13.8. The van der Waals surface area contributed by atoms with Crippen molar-refractivity contribution in [3.63, 3.8) is 0 Å². The highest BCUT2D eigenvalue weighted by molar-refractivity contribution is 5.92. The molecule has 1 aliphatic heterocycles. The Balaban J connectivity index is 1.43. The van der Waals surface area contributed by atoms with Crippen molar-refractivity contribution < 1.29 is 77.9 Å². The number of hydrogen-bond donors (Lipinski definition) is 5.